The molecule has 2 amide bonds. The zero-order chi connectivity index (χ0) is 20.3. The number of sulfonamides is 1. The number of likely N-dealkylation sites (N-methyl/N-ethyl adjacent to an activating group) is 2. The molecule has 10 heteroatoms. The average Bonchev–Trinajstić information content (AvgIpc) is 2.61. The van der Waals surface area contributed by atoms with E-state index in [1.807, 2.05) is 0 Å². The summed E-state index contributed by atoms with van der Waals surface area (Å²) in [5.41, 5.74) is -0.736. The van der Waals surface area contributed by atoms with Crippen molar-refractivity contribution in [1.29, 1.82) is 0 Å². The van der Waals surface area contributed by atoms with E-state index in [2.05, 4.69) is 0 Å². The summed E-state index contributed by atoms with van der Waals surface area (Å²) in [5.74, 6) is -2.23. The van der Waals surface area contributed by atoms with Crippen LogP contribution in [0.15, 0.2) is 29.2 Å². The van der Waals surface area contributed by atoms with Crippen molar-refractivity contribution in [1.82, 2.24) is 14.7 Å². The number of nitrogens with one attached hydrogen (secondary N) is 1. The summed E-state index contributed by atoms with van der Waals surface area (Å²) >= 11 is 0. The van der Waals surface area contributed by atoms with Gasteiger partial charge in [-0.2, -0.15) is 4.31 Å². The van der Waals surface area contributed by atoms with Crippen LogP contribution >= 0.6 is 0 Å². The highest BCUT2D eigenvalue weighted by Gasteiger charge is 2.57. The maximum atomic E-state index is 13.1. The molecule has 1 aromatic rings. The molecule has 0 spiro atoms. The van der Waals surface area contributed by atoms with E-state index in [1.165, 1.54) is 64.8 Å². The third-order valence-corrected chi connectivity index (χ3v) is 6.11. The highest BCUT2D eigenvalue weighted by atomic mass is 32.2. The zero-order valence-corrected chi connectivity index (χ0v) is 16.5. The fourth-order valence-electron chi connectivity index (χ4n) is 2.77. The van der Waals surface area contributed by atoms with Crippen molar-refractivity contribution in [3.63, 3.8) is 0 Å². The molecule has 0 aliphatic carbocycles. The van der Waals surface area contributed by atoms with E-state index in [-0.39, 0.29) is 4.90 Å². The van der Waals surface area contributed by atoms with Gasteiger partial charge in [-0.25, -0.2) is 13.9 Å². The Labute approximate surface area is 153 Å². The number of hydrogen-bond acceptors (Lipinski definition) is 6. The standard InChI is InChI=1S/C16H25N3O6S/c1-11(2)16(14(20)17-22,15(21)18(3)4)19(5)26(23,24)13-9-7-12(25-6)8-10-13/h7-11,22H,1-6H3,(H,17,20). The van der Waals surface area contributed by atoms with Gasteiger partial charge in [0.05, 0.1) is 12.0 Å². The van der Waals surface area contributed by atoms with Gasteiger partial charge in [0.25, 0.3) is 11.8 Å². The van der Waals surface area contributed by atoms with Crippen molar-refractivity contribution < 1.29 is 28.0 Å². The Bertz CT molecular complexity index is 761. The summed E-state index contributed by atoms with van der Waals surface area (Å²) in [7, 11) is 1.14. The molecule has 0 bridgehead atoms. The van der Waals surface area contributed by atoms with Crippen molar-refractivity contribution in [2.24, 2.45) is 5.92 Å². The number of carbonyl (C=O) groups is 2. The lowest BCUT2D eigenvalue weighted by Gasteiger charge is -2.41. The van der Waals surface area contributed by atoms with Gasteiger partial charge in [0.1, 0.15) is 5.75 Å². The SMILES string of the molecule is COc1ccc(S(=O)(=O)N(C)C(C(=O)NO)(C(=O)N(C)C)C(C)C)cc1. The highest BCUT2D eigenvalue weighted by Crippen LogP contribution is 2.32. The lowest BCUT2D eigenvalue weighted by atomic mass is 9.84. The fourth-order valence-corrected chi connectivity index (χ4v) is 4.32. The molecule has 0 aliphatic heterocycles. The summed E-state index contributed by atoms with van der Waals surface area (Å²) in [5, 5.41) is 9.20. The second-order valence-electron chi connectivity index (χ2n) is 6.21. The number of carbonyl (C=O) groups excluding carboxylic acids is 2. The van der Waals surface area contributed by atoms with Gasteiger partial charge in [-0.1, -0.05) is 13.8 Å². The molecule has 0 fully saturated rings. The van der Waals surface area contributed by atoms with Crippen LogP contribution in [0.1, 0.15) is 13.8 Å². The van der Waals surface area contributed by atoms with Gasteiger partial charge in [0.15, 0.2) is 5.54 Å². The zero-order valence-electron chi connectivity index (χ0n) is 15.7. The predicted octanol–water partition coefficient (Wildman–Crippen LogP) is 0.304. The van der Waals surface area contributed by atoms with Crippen molar-refractivity contribution >= 4 is 21.8 Å². The first-order valence-electron chi connectivity index (χ1n) is 7.77. The Morgan fingerprint density at radius 2 is 1.65 bits per heavy atom. The molecular formula is C16H25N3O6S. The number of nitrogens with zero attached hydrogens (tertiary/aromatic N) is 2. The van der Waals surface area contributed by atoms with Crippen LogP contribution in [0.3, 0.4) is 0 Å². The molecule has 1 aromatic carbocycles. The van der Waals surface area contributed by atoms with Gasteiger partial charge in [0.2, 0.25) is 10.0 Å². The van der Waals surface area contributed by atoms with Gasteiger partial charge in [-0.15, -0.1) is 0 Å². The van der Waals surface area contributed by atoms with E-state index in [0.717, 1.165) is 11.9 Å². The largest absolute Gasteiger partial charge is 0.497 e. The fraction of sp³-hybridized carbons (Fsp3) is 0.500. The van der Waals surface area contributed by atoms with Crippen LogP contribution in [0.25, 0.3) is 0 Å². The molecule has 0 aromatic heterocycles. The number of hydroxylamine groups is 1. The Morgan fingerprint density at radius 3 is 2.00 bits per heavy atom. The van der Waals surface area contributed by atoms with Gasteiger partial charge >= 0.3 is 0 Å². The maximum absolute atomic E-state index is 13.1. The Kier molecular flexibility index (Phi) is 6.75. The van der Waals surface area contributed by atoms with Crippen molar-refractivity contribution in [3.05, 3.63) is 24.3 Å². The Morgan fingerprint density at radius 1 is 1.15 bits per heavy atom. The molecule has 0 heterocycles. The van der Waals surface area contributed by atoms with Crippen molar-refractivity contribution in [2.45, 2.75) is 24.3 Å². The molecular weight excluding hydrogens is 362 g/mol. The van der Waals surface area contributed by atoms with Crippen molar-refractivity contribution in [3.8, 4) is 5.75 Å². The molecule has 0 saturated carbocycles. The summed E-state index contributed by atoms with van der Waals surface area (Å²) in [6, 6.07) is 5.54. The monoisotopic (exact) mass is 387 g/mol. The van der Waals surface area contributed by atoms with Crippen LogP contribution < -0.4 is 10.2 Å². The minimum absolute atomic E-state index is 0.122. The van der Waals surface area contributed by atoms with E-state index in [4.69, 9.17) is 4.74 Å². The molecule has 146 valence electrons. The normalized spacial score (nSPS) is 14.0. The van der Waals surface area contributed by atoms with Crippen LogP contribution in [-0.4, -0.2) is 68.4 Å². The van der Waals surface area contributed by atoms with E-state index in [0.29, 0.717) is 10.1 Å². The molecule has 9 nitrogen and oxygen atoms in total. The Hall–Kier alpha value is -2.17. The molecule has 1 unspecified atom stereocenters. The first kappa shape index (κ1) is 21.9. The smallest absolute Gasteiger partial charge is 0.274 e. The second kappa shape index (κ2) is 8.02. The quantitative estimate of drug-likeness (QED) is 0.395. The second-order valence-corrected chi connectivity index (χ2v) is 8.18. The number of benzene rings is 1. The number of methoxy groups -OCH3 is 1. The lowest BCUT2D eigenvalue weighted by Crippen LogP contribution is -2.69. The van der Waals surface area contributed by atoms with Crippen LogP contribution in [0, 0.1) is 5.92 Å². The lowest BCUT2D eigenvalue weighted by molar-refractivity contribution is -0.155. The average molecular weight is 387 g/mol. The number of rotatable bonds is 7. The van der Waals surface area contributed by atoms with E-state index < -0.39 is 33.3 Å². The Balaban J connectivity index is 3.62. The highest BCUT2D eigenvalue weighted by molar-refractivity contribution is 7.89. The number of amides is 2. The summed E-state index contributed by atoms with van der Waals surface area (Å²) < 4.78 is 31.9. The molecule has 1 atom stereocenters. The van der Waals surface area contributed by atoms with E-state index in [9.17, 15) is 23.2 Å². The van der Waals surface area contributed by atoms with Gasteiger partial charge in [-0.3, -0.25) is 14.8 Å². The number of ether oxygens (including phenoxy) is 1. The van der Waals surface area contributed by atoms with Gasteiger partial charge in [0, 0.05) is 21.1 Å². The van der Waals surface area contributed by atoms with Crippen LogP contribution in [0.5, 0.6) is 5.75 Å². The topological polar surface area (TPSA) is 116 Å². The molecule has 0 saturated heterocycles. The van der Waals surface area contributed by atoms with Crippen LogP contribution in [0.4, 0.5) is 0 Å². The van der Waals surface area contributed by atoms with Gasteiger partial charge < -0.3 is 9.64 Å². The predicted molar refractivity (Wildman–Crippen MR) is 94.1 cm³/mol. The molecule has 26 heavy (non-hydrogen) atoms. The minimum Gasteiger partial charge on any atom is -0.497 e. The molecule has 0 aliphatic rings. The van der Waals surface area contributed by atoms with Crippen LogP contribution in [-0.2, 0) is 19.6 Å². The first-order valence-corrected chi connectivity index (χ1v) is 9.21. The van der Waals surface area contributed by atoms with Crippen LogP contribution in [0.2, 0.25) is 0 Å². The molecule has 1 rings (SSSR count). The van der Waals surface area contributed by atoms with Crippen molar-refractivity contribution in [2.75, 3.05) is 28.3 Å². The molecule has 0 radical (unpaired) electrons. The summed E-state index contributed by atoms with van der Waals surface area (Å²) in [4.78, 5) is 26.3. The molecule has 2 N–H and O–H groups in total. The minimum atomic E-state index is -4.24. The van der Waals surface area contributed by atoms with E-state index >= 15 is 0 Å². The van der Waals surface area contributed by atoms with E-state index in [1.54, 1.807) is 0 Å². The number of hydrogen-bond donors (Lipinski definition) is 2. The van der Waals surface area contributed by atoms with Gasteiger partial charge in [-0.05, 0) is 30.2 Å². The first-order chi connectivity index (χ1) is 12.0. The maximum Gasteiger partial charge on any atom is 0.274 e. The third kappa shape index (κ3) is 3.53. The summed E-state index contributed by atoms with van der Waals surface area (Å²) in [6.07, 6.45) is 0. The third-order valence-electron chi connectivity index (χ3n) is 4.23. The summed E-state index contributed by atoms with van der Waals surface area (Å²) in [6.45, 7) is 3.05.